The van der Waals surface area contributed by atoms with Crippen LogP contribution in [0.15, 0.2) is 9.59 Å². The van der Waals surface area contributed by atoms with Gasteiger partial charge in [-0.3, -0.25) is 0 Å². The number of benzene rings is 1. The Hall–Kier alpha value is -1.27. The summed E-state index contributed by atoms with van der Waals surface area (Å²) in [5.74, 6) is -6.27. The third-order valence-corrected chi connectivity index (χ3v) is 2.29. The lowest BCUT2D eigenvalue weighted by Crippen LogP contribution is -2.03. The molecule has 15 heavy (non-hydrogen) atoms. The van der Waals surface area contributed by atoms with Gasteiger partial charge in [0.25, 0.3) is 0 Å². The zero-order chi connectivity index (χ0) is 11.6. The van der Waals surface area contributed by atoms with Crippen LogP contribution in [0.25, 0.3) is 10.4 Å². The summed E-state index contributed by atoms with van der Waals surface area (Å²) >= 11 is 2.35. The molecule has 1 rings (SSSR count). The van der Waals surface area contributed by atoms with Gasteiger partial charge in [0.1, 0.15) is 0 Å². The van der Waals surface area contributed by atoms with Crippen LogP contribution in [0.3, 0.4) is 0 Å². The molecule has 3 nitrogen and oxygen atoms in total. The largest absolute Gasteiger partial charge is 0.203 e. The van der Waals surface area contributed by atoms with Crippen molar-refractivity contribution in [2.45, 2.75) is 6.54 Å². The van der Waals surface area contributed by atoms with Crippen LogP contribution in [0.4, 0.5) is 17.6 Å². The van der Waals surface area contributed by atoms with Crippen LogP contribution < -0.4 is 0 Å². The van der Waals surface area contributed by atoms with Gasteiger partial charge in [-0.15, -0.1) is 0 Å². The van der Waals surface area contributed by atoms with Crippen LogP contribution >= 0.6 is 15.9 Å². The van der Waals surface area contributed by atoms with E-state index in [0.29, 0.717) is 0 Å². The van der Waals surface area contributed by atoms with E-state index < -0.39 is 39.8 Å². The Balaban J connectivity index is 3.44. The predicted molar refractivity (Wildman–Crippen MR) is 46.8 cm³/mol. The number of hydrogen-bond acceptors (Lipinski definition) is 1. The maximum atomic E-state index is 13.0. The van der Waals surface area contributed by atoms with Gasteiger partial charge in [-0.2, -0.15) is 0 Å². The van der Waals surface area contributed by atoms with Crippen molar-refractivity contribution in [1.29, 1.82) is 0 Å². The highest BCUT2D eigenvalue weighted by Gasteiger charge is 2.23. The molecule has 80 valence electrons. The van der Waals surface area contributed by atoms with Crippen molar-refractivity contribution in [2.24, 2.45) is 5.11 Å². The Labute approximate surface area is 89.5 Å². The van der Waals surface area contributed by atoms with Crippen LogP contribution in [0, 0.1) is 23.3 Å². The van der Waals surface area contributed by atoms with Crippen molar-refractivity contribution in [1.82, 2.24) is 0 Å². The Kier molecular flexibility index (Phi) is 3.54. The Morgan fingerprint density at radius 1 is 1.07 bits per heavy atom. The van der Waals surface area contributed by atoms with Gasteiger partial charge in [0, 0.05) is 10.5 Å². The van der Waals surface area contributed by atoms with Crippen LogP contribution in [-0.4, -0.2) is 0 Å². The van der Waals surface area contributed by atoms with Crippen LogP contribution in [0.1, 0.15) is 5.56 Å². The van der Waals surface area contributed by atoms with Crippen molar-refractivity contribution in [3.8, 4) is 0 Å². The van der Waals surface area contributed by atoms with Crippen molar-refractivity contribution >= 4 is 15.9 Å². The minimum absolute atomic E-state index is 0.796. The summed E-state index contributed by atoms with van der Waals surface area (Å²) in [5.41, 5.74) is 6.98. The first-order chi connectivity index (χ1) is 7.00. The van der Waals surface area contributed by atoms with E-state index in [4.69, 9.17) is 5.53 Å². The van der Waals surface area contributed by atoms with Crippen molar-refractivity contribution < 1.29 is 17.6 Å². The summed E-state index contributed by atoms with van der Waals surface area (Å²) in [6.45, 7) is -0.796. The van der Waals surface area contributed by atoms with E-state index in [9.17, 15) is 17.6 Å². The highest BCUT2D eigenvalue weighted by molar-refractivity contribution is 9.10. The molecule has 1 aromatic rings. The van der Waals surface area contributed by atoms with Crippen LogP contribution in [0.5, 0.6) is 0 Å². The fraction of sp³-hybridized carbons (Fsp3) is 0.143. The van der Waals surface area contributed by atoms with Gasteiger partial charge in [-0.25, -0.2) is 17.6 Å². The number of nitrogens with zero attached hydrogens (tertiary/aromatic N) is 3. The zero-order valence-corrected chi connectivity index (χ0v) is 8.52. The molecule has 0 atom stereocenters. The summed E-state index contributed by atoms with van der Waals surface area (Å²) in [7, 11) is 0. The minimum Gasteiger partial charge on any atom is -0.203 e. The Morgan fingerprint density at radius 2 is 1.53 bits per heavy atom. The van der Waals surface area contributed by atoms with Gasteiger partial charge in [-0.05, 0) is 21.5 Å². The van der Waals surface area contributed by atoms with Gasteiger partial charge in [0.2, 0.25) is 0 Å². The molecule has 0 spiro atoms. The maximum Gasteiger partial charge on any atom is 0.176 e. The first kappa shape index (κ1) is 11.8. The maximum absolute atomic E-state index is 13.0. The number of azide groups is 1. The second kappa shape index (κ2) is 4.50. The Bertz CT molecular complexity index is 427. The summed E-state index contributed by atoms with van der Waals surface area (Å²) in [5, 5.41) is 2.83. The molecule has 0 N–H and O–H groups in total. The van der Waals surface area contributed by atoms with Crippen LogP contribution in [0.2, 0.25) is 0 Å². The summed E-state index contributed by atoms with van der Waals surface area (Å²) < 4.78 is 50.9. The van der Waals surface area contributed by atoms with E-state index in [0.717, 1.165) is 0 Å². The van der Waals surface area contributed by atoms with Gasteiger partial charge < -0.3 is 0 Å². The molecule has 8 heteroatoms. The number of hydrogen-bond donors (Lipinski definition) is 0. The highest BCUT2D eigenvalue weighted by Crippen LogP contribution is 2.28. The molecule has 0 unspecified atom stereocenters. The third-order valence-electron chi connectivity index (χ3n) is 1.59. The average Bonchev–Trinajstić information content (AvgIpc) is 2.24. The summed E-state index contributed by atoms with van der Waals surface area (Å²) in [6, 6.07) is 0. The third kappa shape index (κ3) is 2.05. The molecule has 0 heterocycles. The normalized spacial score (nSPS) is 9.93. The monoisotopic (exact) mass is 283 g/mol. The zero-order valence-electron chi connectivity index (χ0n) is 6.94. The lowest BCUT2D eigenvalue weighted by molar-refractivity contribution is 0.432. The number of rotatable bonds is 2. The Morgan fingerprint density at radius 3 is 1.93 bits per heavy atom. The minimum atomic E-state index is -1.58. The molecular formula is C7H2BrF4N3. The molecule has 1 aromatic carbocycles. The molecule has 0 saturated heterocycles. The van der Waals surface area contributed by atoms with Crippen LogP contribution in [-0.2, 0) is 6.54 Å². The van der Waals surface area contributed by atoms with Crippen molar-refractivity contribution in [3.05, 3.63) is 43.7 Å². The fourth-order valence-corrected chi connectivity index (χ4v) is 1.24. The van der Waals surface area contributed by atoms with E-state index in [2.05, 4.69) is 26.0 Å². The predicted octanol–water partition coefficient (Wildman–Crippen LogP) is 3.82. The smallest absolute Gasteiger partial charge is 0.176 e. The fourth-order valence-electron chi connectivity index (χ4n) is 0.892. The molecule has 0 aliphatic rings. The van der Waals surface area contributed by atoms with Gasteiger partial charge in [-0.1, -0.05) is 5.11 Å². The lowest BCUT2D eigenvalue weighted by atomic mass is 10.2. The molecule has 0 amide bonds. The van der Waals surface area contributed by atoms with Gasteiger partial charge in [0.05, 0.1) is 11.0 Å². The molecule has 0 radical (unpaired) electrons. The van der Waals surface area contributed by atoms with Gasteiger partial charge in [0.15, 0.2) is 23.3 Å². The SMILES string of the molecule is [N-]=[N+]=NCc1c(F)c(F)c(Br)c(F)c1F. The van der Waals surface area contributed by atoms with E-state index in [1.165, 1.54) is 0 Å². The summed E-state index contributed by atoms with van der Waals surface area (Å²) in [6.07, 6.45) is 0. The second-order valence-corrected chi connectivity index (χ2v) is 3.23. The molecule has 0 aliphatic heterocycles. The van der Waals surface area contributed by atoms with E-state index in [1.807, 2.05) is 0 Å². The lowest BCUT2D eigenvalue weighted by Gasteiger charge is -2.05. The topological polar surface area (TPSA) is 48.8 Å². The summed E-state index contributed by atoms with van der Waals surface area (Å²) in [4.78, 5) is 2.23. The van der Waals surface area contributed by atoms with E-state index in [1.54, 1.807) is 0 Å². The first-order valence-electron chi connectivity index (χ1n) is 3.51. The molecule has 0 aliphatic carbocycles. The first-order valence-corrected chi connectivity index (χ1v) is 4.31. The van der Waals surface area contributed by atoms with Gasteiger partial charge >= 0.3 is 0 Å². The molecule has 0 fully saturated rings. The molecule has 0 bridgehead atoms. The molecule has 0 saturated carbocycles. The molecule has 0 aromatic heterocycles. The standard InChI is InChI=1S/C7H2BrF4N3/c8-3-6(11)4(9)2(1-14-15-13)5(10)7(3)12/h1H2. The van der Waals surface area contributed by atoms with Crippen molar-refractivity contribution in [2.75, 3.05) is 0 Å². The van der Waals surface area contributed by atoms with E-state index >= 15 is 0 Å². The average molecular weight is 284 g/mol. The number of halogens is 5. The van der Waals surface area contributed by atoms with E-state index in [-0.39, 0.29) is 0 Å². The second-order valence-electron chi connectivity index (χ2n) is 2.44. The molecular weight excluding hydrogens is 282 g/mol. The highest BCUT2D eigenvalue weighted by atomic mass is 79.9. The van der Waals surface area contributed by atoms with Crippen molar-refractivity contribution in [3.63, 3.8) is 0 Å². The quantitative estimate of drug-likeness (QED) is 0.198.